The molecule has 0 radical (unpaired) electrons. The van der Waals surface area contributed by atoms with Gasteiger partial charge in [-0.3, -0.25) is 0 Å². The minimum absolute atomic E-state index is 0.217. The number of alkyl halides is 3. The normalized spacial score (nSPS) is 12.3. The summed E-state index contributed by atoms with van der Waals surface area (Å²) in [5, 5.41) is 0. The second kappa shape index (κ2) is 6.37. The highest BCUT2D eigenvalue weighted by atomic mass is 19.4. The molecule has 0 heterocycles. The van der Waals surface area contributed by atoms with Gasteiger partial charge in [-0.25, -0.2) is 0 Å². The Hall–Kier alpha value is -1.39. The topological polar surface area (TPSA) is 18.5 Å². The average Bonchev–Trinajstić information content (AvgIpc) is 2.27. The van der Waals surface area contributed by atoms with Crippen LogP contribution in [0.15, 0.2) is 18.2 Å². The molecule has 0 aliphatic carbocycles. The Balaban J connectivity index is 3.01. The minimum atomic E-state index is -4.68. The summed E-state index contributed by atoms with van der Waals surface area (Å²) in [6.45, 7) is 8.37. The van der Waals surface area contributed by atoms with Gasteiger partial charge >= 0.3 is 6.36 Å². The molecule has 0 amide bonds. The van der Waals surface area contributed by atoms with E-state index in [1.54, 1.807) is 0 Å². The molecule has 0 bridgehead atoms. The standard InChI is InChI=1S/C15H21F3O2/c1-5-6-9-19-13-8-7-11(20-15(16,17)18)10-12(13)14(2,3)4/h7-8,10H,5-6,9H2,1-4H3. The Kier molecular flexibility index (Phi) is 5.31. The van der Waals surface area contributed by atoms with E-state index in [2.05, 4.69) is 4.74 Å². The molecule has 5 heteroatoms. The van der Waals surface area contributed by atoms with Crippen LogP contribution in [0.25, 0.3) is 0 Å². The van der Waals surface area contributed by atoms with Gasteiger partial charge in [-0.1, -0.05) is 34.1 Å². The number of benzene rings is 1. The highest BCUT2D eigenvalue weighted by molar-refractivity contribution is 5.44. The number of ether oxygens (including phenoxy) is 2. The third-order valence-electron chi connectivity index (χ3n) is 2.75. The van der Waals surface area contributed by atoms with Crippen LogP contribution >= 0.6 is 0 Å². The Labute approximate surface area is 117 Å². The van der Waals surface area contributed by atoms with Crippen molar-refractivity contribution in [3.8, 4) is 11.5 Å². The molecule has 1 aromatic rings. The van der Waals surface area contributed by atoms with Gasteiger partial charge < -0.3 is 9.47 Å². The molecule has 0 atom stereocenters. The lowest BCUT2D eigenvalue weighted by Gasteiger charge is -2.24. The molecule has 0 spiro atoms. The molecule has 0 aliphatic heterocycles. The quantitative estimate of drug-likeness (QED) is 0.705. The van der Waals surface area contributed by atoms with E-state index in [4.69, 9.17) is 4.74 Å². The summed E-state index contributed by atoms with van der Waals surface area (Å²) in [5.41, 5.74) is 0.377. The molecule has 0 unspecified atom stereocenters. The SMILES string of the molecule is CCCCOc1ccc(OC(F)(F)F)cc1C(C)(C)C. The number of unbranched alkanes of at least 4 members (excludes halogenated alkanes) is 1. The van der Waals surface area contributed by atoms with Gasteiger partial charge in [0.1, 0.15) is 11.5 Å². The summed E-state index contributed by atoms with van der Waals surface area (Å²) >= 11 is 0. The van der Waals surface area contributed by atoms with Crippen molar-refractivity contribution in [2.75, 3.05) is 6.61 Å². The fourth-order valence-electron chi connectivity index (χ4n) is 1.74. The van der Waals surface area contributed by atoms with E-state index >= 15 is 0 Å². The van der Waals surface area contributed by atoms with Crippen molar-refractivity contribution in [1.82, 2.24) is 0 Å². The second-order valence-corrected chi connectivity index (χ2v) is 5.66. The van der Waals surface area contributed by atoms with Crippen molar-refractivity contribution in [1.29, 1.82) is 0 Å². The summed E-state index contributed by atoms with van der Waals surface area (Å²) in [6, 6.07) is 4.22. The van der Waals surface area contributed by atoms with E-state index in [0.717, 1.165) is 12.8 Å². The summed E-state index contributed by atoms with van der Waals surface area (Å²) < 4.78 is 46.4. The van der Waals surface area contributed by atoms with Gasteiger partial charge in [0.05, 0.1) is 6.61 Å². The lowest BCUT2D eigenvalue weighted by atomic mass is 9.86. The van der Waals surface area contributed by atoms with Crippen molar-refractivity contribution in [2.24, 2.45) is 0 Å². The summed E-state index contributed by atoms with van der Waals surface area (Å²) in [4.78, 5) is 0. The van der Waals surface area contributed by atoms with E-state index in [9.17, 15) is 13.2 Å². The maximum atomic E-state index is 12.3. The Morgan fingerprint density at radius 2 is 1.75 bits per heavy atom. The second-order valence-electron chi connectivity index (χ2n) is 5.66. The van der Waals surface area contributed by atoms with Crippen LogP contribution in [0.4, 0.5) is 13.2 Å². The molecule has 20 heavy (non-hydrogen) atoms. The molecule has 0 saturated heterocycles. The molecular formula is C15H21F3O2. The predicted octanol–water partition coefficient (Wildman–Crippen LogP) is 5.06. The molecule has 0 saturated carbocycles. The van der Waals surface area contributed by atoms with Crippen LogP contribution < -0.4 is 9.47 Å². The largest absolute Gasteiger partial charge is 0.573 e. The maximum absolute atomic E-state index is 12.3. The summed E-state index contributed by atoms with van der Waals surface area (Å²) in [6.07, 6.45) is -2.77. The monoisotopic (exact) mass is 290 g/mol. The van der Waals surface area contributed by atoms with E-state index in [-0.39, 0.29) is 11.2 Å². The van der Waals surface area contributed by atoms with Gasteiger partial charge in [0.25, 0.3) is 0 Å². The van der Waals surface area contributed by atoms with E-state index in [1.165, 1.54) is 18.2 Å². The fourth-order valence-corrected chi connectivity index (χ4v) is 1.74. The Morgan fingerprint density at radius 3 is 2.25 bits per heavy atom. The van der Waals surface area contributed by atoms with Crippen LogP contribution in [0, 0.1) is 0 Å². The molecular weight excluding hydrogens is 269 g/mol. The van der Waals surface area contributed by atoms with Gasteiger partial charge in [0, 0.05) is 5.56 Å². The minimum Gasteiger partial charge on any atom is -0.493 e. The lowest BCUT2D eigenvalue weighted by molar-refractivity contribution is -0.274. The average molecular weight is 290 g/mol. The Morgan fingerprint density at radius 1 is 1.10 bits per heavy atom. The van der Waals surface area contributed by atoms with Gasteiger partial charge in [-0.15, -0.1) is 13.2 Å². The zero-order valence-corrected chi connectivity index (χ0v) is 12.3. The highest BCUT2D eigenvalue weighted by Gasteiger charge is 2.32. The maximum Gasteiger partial charge on any atom is 0.573 e. The number of hydrogen-bond donors (Lipinski definition) is 0. The smallest absolute Gasteiger partial charge is 0.493 e. The zero-order chi connectivity index (χ0) is 15.4. The van der Waals surface area contributed by atoms with E-state index in [1.807, 2.05) is 27.7 Å². The number of rotatable bonds is 5. The van der Waals surface area contributed by atoms with Crippen LogP contribution in [0.2, 0.25) is 0 Å². The van der Waals surface area contributed by atoms with Crippen molar-refractivity contribution in [3.63, 3.8) is 0 Å². The van der Waals surface area contributed by atoms with Gasteiger partial charge in [0.15, 0.2) is 0 Å². The molecule has 0 aliphatic rings. The van der Waals surface area contributed by atoms with Gasteiger partial charge in [-0.05, 0) is 30.0 Å². The van der Waals surface area contributed by atoms with E-state index < -0.39 is 6.36 Å². The van der Waals surface area contributed by atoms with Crippen molar-refractivity contribution >= 4 is 0 Å². The van der Waals surface area contributed by atoms with Crippen LogP contribution in [0.5, 0.6) is 11.5 Å². The van der Waals surface area contributed by atoms with Gasteiger partial charge in [-0.2, -0.15) is 0 Å². The van der Waals surface area contributed by atoms with Crippen molar-refractivity contribution in [2.45, 2.75) is 52.3 Å². The predicted molar refractivity (Wildman–Crippen MR) is 72.2 cm³/mol. The van der Waals surface area contributed by atoms with Crippen LogP contribution in [0.1, 0.15) is 46.1 Å². The number of hydrogen-bond acceptors (Lipinski definition) is 2. The summed E-state index contributed by atoms with van der Waals surface area (Å²) in [7, 11) is 0. The third-order valence-corrected chi connectivity index (χ3v) is 2.75. The van der Waals surface area contributed by atoms with Crippen molar-refractivity contribution in [3.05, 3.63) is 23.8 Å². The molecule has 1 aromatic carbocycles. The fraction of sp³-hybridized carbons (Fsp3) is 0.600. The van der Waals surface area contributed by atoms with Gasteiger partial charge in [0.2, 0.25) is 0 Å². The van der Waals surface area contributed by atoms with Crippen molar-refractivity contribution < 1.29 is 22.6 Å². The molecule has 114 valence electrons. The van der Waals surface area contributed by atoms with Crippen LogP contribution in [-0.2, 0) is 5.41 Å². The Bertz CT molecular complexity index is 434. The van der Waals surface area contributed by atoms with Crippen LogP contribution in [-0.4, -0.2) is 13.0 Å². The number of halogens is 3. The molecule has 0 N–H and O–H groups in total. The van der Waals surface area contributed by atoms with Crippen LogP contribution in [0.3, 0.4) is 0 Å². The first-order valence-corrected chi connectivity index (χ1v) is 6.66. The zero-order valence-electron chi connectivity index (χ0n) is 12.3. The molecule has 1 rings (SSSR count). The van der Waals surface area contributed by atoms with E-state index in [0.29, 0.717) is 17.9 Å². The molecule has 2 nitrogen and oxygen atoms in total. The summed E-state index contributed by atoms with van der Waals surface area (Å²) in [5.74, 6) is 0.394. The molecule has 0 fully saturated rings. The first-order valence-electron chi connectivity index (χ1n) is 6.66. The highest BCUT2D eigenvalue weighted by Crippen LogP contribution is 2.36. The first kappa shape index (κ1) is 16.7. The molecule has 0 aromatic heterocycles. The first-order chi connectivity index (χ1) is 9.13. The lowest BCUT2D eigenvalue weighted by Crippen LogP contribution is -2.19. The third kappa shape index (κ3) is 5.31.